The first-order chi connectivity index (χ1) is 13.2. The highest BCUT2D eigenvalue weighted by Gasteiger charge is 2.36. The molecule has 0 fully saturated rings. The topological polar surface area (TPSA) is 42.7 Å². The fourth-order valence-corrected chi connectivity index (χ4v) is 3.69. The maximum absolute atomic E-state index is 13.4. The predicted octanol–water partition coefficient (Wildman–Crippen LogP) is 5.44. The smallest absolute Gasteiger partial charge is 0.418 e. The second-order valence-corrected chi connectivity index (χ2v) is 7.08. The van der Waals surface area contributed by atoms with E-state index in [1.807, 2.05) is 0 Å². The number of para-hydroxylation sites is 1. The van der Waals surface area contributed by atoms with Gasteiger partial charge in [0.25, 0.3) is 0 Å². The van der Waals surface area contributed by atoms with Gasteiger partial charge in [0, 0.05) is 10.9 Å². The molecule has 146 valence electrons. The summed E-state index contributed by atoms with van der Waals surface area (Å²) >= 11 is 6.34. The second kappa shape index (κ2) is 6.44. The number of hydrogen-bond acceptors (Lipinski definition) is 4. The SMILES string of the molecule is Cc1c(C)c2cc(Cl)c3c(c2oc1=O)CN(c1ccccc1C(F)(F)F)CO3. The summed E-state index contributed by atoms with van der Waals surface area (Å²) in [5.74, 6) is 0.321. The Labute approximate surface area is 163 Å². The summed E-state index contributed by atoms with van der Waals surface area (Å²) in [5.41, 5.74) is 0.625. The minimum Gasteiger partial charge on any atom is -0.471 e. The van der Waals surface area contributed by atoms with E-state index in [0.717, 1.165) is 6.07 Å². The molecule has 2 aromatic carbocycles. The van der Waals surface area contributed by atoms with E-state index in [4.69, 9.17) is 20.8 Å². The molecular formula is C20H15ClF3NO3. The van der Waals surface area contributed by atoms with E-state index >= 15 is 0 Å². The van der Waals surface area contributed by atoms with Crippen molar-refractivity contribution in [2.24, 2.45) is 0 Å². The molecule has 0 aliphatic carbocycles. The van der Waals surface area contributed by atoms with Gasteiger partial charge in [-0.15, -0.1) is 0 Å². The lowest BCUT2D eigenvalue weighted by atomic mass is 10.0. The third kappa shape index (κ3) is 2.90. The van der Waals surface area contributed by atoms with Crippen molar-refractivity contribution in [3.8, 4) is 5.75 Å². The largest absolute Gasteiger partial charge is 0.471 e. The van der Waals surface area contributed by atoms with Gasteiger partial charge in [-0.25, -0.2) is 4.79 Å². The number of aryl methyl sites for hydroxylation is 1. The highest BCUT2D eigenvalue weighted by molar-refractivity contribution is 6.33. The van der Waals surface area contributed by atoms with Crippen molar-refractivity contribution >= 4 is 28.3 Å². The van der Waals surface area contributed by atoms with E-state index in [1.165, 1.54) is 23.1 Å². The lowest BCUT2D eigenvalue weighted by Crippen LogP contribution is -2.33. The van der Waals surface area contributed by atoms with Crippen molar-refractivity contribution in [1.82, 2.24) is 0 Å². The normalized spacial score (nSPS) is 14.1. The van der Waals surface area contributed by atoms with E-state index < -0.39 is 17.4 Å². The molecule has 0 bridgehead atoms. The highest BCUT2D eigenvalue weighted by atomic mass is 35.5. The maximum atomic E-state index is 13.4. The zero-order valence-corrected chi connectivity index (χ0v) is 15.7. The van der Waals surface area contributed by atoms with Crippen LogP contribution in [0.5, 0.6) is 5.75 Å². The Morgan fingerprint density at radius 2 is 1.86 bits per heavy atom. The minimum atomic E-state index is -4.51. The van der Waals surface area contributed by atoms with E-state index in [-0.39, 0.29) is 24.5 Å². The lowest BCUT2D eigenvalue weighted by molar-refractivity contribution is -0.137. The van der Waals surface area contributed by atoms with Gasteiger partial charge in [-0.3, -0.25) is 0 Å². The van der Waals surface area contributed by atoms with E-state index in [0.29, 0.717) is 32.8 Å². The van der Waals surface area contributed by atoms with Crippen LogP contribution in [0.4, 0.5) is 18.9 Å². The molecule has 8 heteroatoms. The van der Waals surface area contributed by atoms with Crippen LogP contribution in [0.25, 0.3) is 11.0 Å². The number of halogens is 4. The Hall–Kier alpha value is -2.67. The second-order valence-electron chi connectivity index (χ2n) is 6.67. The maximum Gasteiger partial charge on any atom is 0.418 e. The number of nitrogens with zero attached hydrogens (tertiary/aromatic N) is 1. The van der Waals surface area contributed by atoms with Crippen molar-refractivity contribution < 1.29 is 22.3 Å². The molecule has 4 rings (SSSR count). The molecule has 1 aromatic heterocycles. The van der Waals surface area contributed by atoms with Gasteiger partial charge >= 0.3 is 11.8 Å². The molecule has 3 aromatic rings. The van der Waals surface area contributed by atoms with Crippen molar-refractivity contribution in [1.29, 1.82) is 0 Å². The molecule has 0 spiro atoms. The molecule has 2 heterocycles. The van der Waals surface area contributed by atoms with Crippen LogP contribution in [0.2, 0.25) is 5.02 Å². The Morgan fingerprint density at radius 1 is 1.14 bits per heavy atom. The summed E-state index contributed by atoms with van der Waals surface area (Å²) < 4.78 is 51.4. The van der Waals surface area contributed by atoms with Gasteiger partial charge in [-0.2, -0.15) is 13.2 Å². The molecule has 0 saturated heterocycles. The van der Waals surface area contributed by atoms with Crippen LogP contribution < -0.4 is 15.3 Å². The Balaban J connectivity index is 1.90. The monoisotopic (exact) mass is 409 g/mol. The summed E-state index contributed by atoms with van der Waals surface area (Å²) in [6.07, 6.45) is -4.51. The Bertz CT molecular complexity index is 1150. The van der Waals surface area contributed by atoms with E-state index in [9.17, 15) is 18.0 Å². The van der Waals surface area contributed by atoms with Gasteiger partial charge in [0.05, 0.1) is 28.4 Å². The van der Waals surface area contributed by atoms with E-state index in [1.54, 1.807) is 19.9 Å². The quantitative estimate of drug-likeness (QED) is 0.502. The van der Waals surface area contributed by atoms with Gasteiger partial charge in [0.15, 0.2) is 6.73 Å². The van der Waals surface area contributed by atoms with Crippen molar-refractivity contribution in [2.75, 3.05) is 11.6 Å². The average molecular weight is 410 g/mol. The molecule has 1 aliphatic heterocycles. The average Bonchev–Trinajstić information content (AvgIpc) is 2.66. The first kappa shape index (κ1) is 18.7. The highest BCUT2D eigenvalue weighted by Crippen LogP contribution is 2.43. The molecule has 4 nitrogen and oxygen atoms in total. The summed E-state index contributed by atoms with van der Waals surface area (Å²) in [7, 11) is 0. The molecular weight excluding hydrogens is 395 g/mol. The zero-order valence-electron chi connectivity index (χ0n) is 15.0. The van der Waals surface area contributed by atoms with Crippen LogP contribution in [0, 0.1) is 13.8 Å². The zero-order chi connectivity index (χ0) is 20.2. The number of alkyl halides is 3. The standard InChI is InChI=1S/C20H15ClF3NO3/c1-10-11(2)19(26)28-17-12(10)7-15(21)18-13(17)8-25(9-27-18)16-6-4-3-5-14(16)20(22,23)24/h3-7H,8-9H2,1-2H3. The van der Waals surface area contributed by atoms with Crippen LogP contribution in [-0.4, -0.2) is 6.73 Å². The van der Waals surface area contributed by atoms with Crippen molar-refractivity contribution in [3.63, 3.8) is 0 Å². The number of anilines is 1. The number of ether oxygens (including phenoxy) is 1. The van der Waals surface area contributed by atoms with Crippen LogP contribution in [0.3, 0.4) is 0 Å². The molecule has 0 N–H and O–H groups in total. The first-order valence-electron chi connectivity index (χ1n) is 8.48. The molecule has 28 heavy (non-hydrogen) atoms. The fraction of sp³-hybridized carbons (Fsp3) is 0.250. The summed E-state index contributed by atoms with van der Waals surface area (Å²) in [6, 6.07) is 6.93. The molecule has 0 radical (unpaired) electrons. The number of hydrogen-bond donors (Lipinski definition) is 0. The van der Waals surface area contributed by atoms with Gasteiger partial charge in [0.2, 0.25) is 0 Å². The summed E-state index contributed by atoms with van der Waals surface area (Å²) in [5, 5.41) is 0.956. The lowest BCUT2D eigenvalue weighted by Gasteiger charge is -2.33. The first-order valence-corrected chi connectivity index (χ1v) is 8.85. The summed E-state index contributed by atoms with van der Waals surface area (Å²) in [6.45, 7) is 3.37. The van der Waals surface area contributed by atoms with Crippen LogP contribution in [0.15, 0.2) is 39.5 Å². The number of fused-ring (bicyclic) bond motifs is 3. The minimum absolute atomic E-state index is 0.0139. The Kier molecular flexibility index (Phi) is 4.30. The fourth-order valence-electron chi connectivity index (χ4n) is 3.41. The van der Waals surface area contributed by atoms with Gasteiger partial charge in [-0.1, -0.05) is 23.7 Å². The van der Waals surface area contributed by atoms with Crippen molar-refractivity contribution in [3.05, 3.63) is 68.0 Å². The van der Waals surface area contributed by atoms with E-state index in [2.05, 4.69) is 0 Å². The molecule has 0 saturated carbocycles. The third-order valence-corrected chi connectivity index (χ3v) is 5.29. The molecule has 0 unspecified atom stereocenters. The predicted molar refractivity (Wildman–Crippen MR) is 100 cm³/mol. The summed E-state index contributed by atoms with van der Waals surface area (Å²) in [4.78, 5) is 13.6. The van der Waals surface area contributed by atoms with Gasteiger partial charge in [-0.05, 0) is 37.6 Å². The van der Waals surface area contributed by atoms with Crippen LogP contribution in [-0.2, 0) is 12.7 Å². The molecule has 0 atom stereocenters. The molecule has 0 amide bonds. The Morgan fingerprint density at radius 3 is 2.57 bits per heavy atom. The van der Waals surface area contributed by atoms with Gasteiger partial charge in [0.1, 0.15) is 11.3 Å². The molecule has 1 aliphatic rings. The van der Waals surface area contributed by atoms with Gasteiger partial charge < -0.3 is 14.1 Å². The van der Waals surface area contributed by atoms with Crippen LogP contribution >= 0.6 is 11.6 Å². The van der Waals surface area contributed by atoms with Crippen molar-refractivity contribution in [2.45, 2.75) is 26.6 Å². The number of benzene rings is 2. The number of rotatable bonds is 1. The third-order valence-electron chi connectivity index (χ3n) is 5.01. The van der Waals surface area contributed by atoms with Crippen LogP contribution in [0.1, 0.15) is 22.3 Å².